The molecule has 3 aromatic rings. The fraction of sp³-hybridized carbons (Fsp3) is 0.350. The van der Waals surface area contributed by atoms with Crippen molar-refractivity contribution >= 4 is 44.5 Å². The van der Waals surface area contributed by atoms with Gasteiger partial charge >= 0.3 is 0 Å². The number of rotatable bonds is 6. The van der Waals surface area contributed by atoms with Gasteiger partial charge in [0.05, 0.1) is 6.04 Å². The van der Waals surface area contributed by atoms with Gasteiger partial charge in [-0.1, -0.05) is 12.1 Å². The zero-order chi connectivity index (χ0) is 22.1. The van der Waals surface area contributed by atoms with E-state index in [9.17, 15) is 14.4 Å². The van der Waals surface area contributed by atoms with E-state index in [1.54, 1.807) is 13.1 Å². The van der Waals surface area contributed by atoms with Crippen LogP contribution in [0, 0.1) is 0 Å². The van der Waals surface area contributed by atoms with E-state index in [-0.39, 0.29) is 30.0 Å². The number of nitrogens with two attached hydrogens (primary N) is 1. The molecule has 11 heteroatoms. The molecule has 2 aromatic heterocycles. The molecule has 4 rings (SSSR count). The van der Waals surface area contributed by atoms with Crippen molar-refractivity contribution in [1.82, 2.24) is 24.2 Å². The summed E-state index contributed by atoms with van der Waals surface area (Å²) in [7, 11) is 1.69. The molecule has 1 aliphatic rings. The van der Waals surface area contributed by atoms with E-state index in [2.05, 4.69) is 36.2 Å². The third-order valence-electron chi connectivity index (χ3n) is 5.37. The Morgan fingerprint density at radius 3 is 2.94 bits per heavy atom. The lowest BCUT2D eigenvalue weighted by Gasteiger charge is -2.22. The normalized spacial score (nSPS) is 16.6. The van der Waals surface area contributed by atoms with Crippen molar-refractivity contribution in [3.05, 3.63) is 51.1 Å². The molecule has 1 atom stereocenters. The van der Waals surface area contributed by atoms with E-state index in [1.807, 2.05) is 18.2 Å². The largest absolute Gasteiger partial charge is 0.368 e. The van der Waals surface area contributed by atoms with Gasteiger partial charge in [-0.25, -0.2) is 9.67 Å². The monoisotopic (exact) mass is 487 g/mol. The Bertz CT molecular complexity index is 1220. The number of primary amides is 1. The maximum Gasteiger partial charge on any atom is 0.266 e. The van der Waals surface area contributed by atoms with Gasteiger partial charge in [-0.05, 0) is 53.0 Å². The SMILES string of the molecule is Cn1nc(Br)c2c(=O)n(CC(=O)Nc3cccc(CN4CCCC4C(N)=O)c3)cnc21. The molecule has 1 unspecified atom stereocenters. The van der Waals surface area contributed by atoms with Gasteiger partial charge in [0.2, 0.25) is 11.8 Å². The van der Waals surface area contributed by atoms with Crippen molar-refractivity contribution in [2.24, 2.45) is 12.8 Å². The Labute approximate surface area is 186 Å². The van der Waals surface area contributed by atoms with E-state index in [1.165, 1.54) is 15.6 Å². The van der Waals surface area contributed by atoms with Crippen LogP contribution in [0.3, 0.4) is 0 Å². The number of aryl methyl sites for hydroxylation is 1. The topological polar surface area (TPSA) is 128 Å². The minimum Gasteiger partial charge on any atom is -0.368 e. The first kappa shape index (κ1) is 21.2. The van der Waals surface area contributed by atoms with Crippen molar-refractivity contribution in [2.75, 3.05) is 11.9 Å². The van der Waals surface area contributed by atoms with Crippen LogP contribution in [0.15, 0.2) is 40.0 Å². The number of likely N-dealkylation sites (tertiary alicyclic amines) is 1. The molecule has 0 bridgehead atoms. The van der Waals surface area contributed by atoms with Crippen molar-refractivity contribution in [1.29, 1.82) is 0 Å². The molecule has 3 N–H and O–H groups in total. The lowest BCUT2D eigenvalue weighted by molar-refractivity contribution is -0.122. The summed E-state index contributed by atoms with van der Waals surface area (Å²) in [4.78, 5) is 43.1. The minimum atomic E-state index is -0.350. The number of hydrogen-bond donors (Lipinski definition) is 2. The van der Waals surface area contributed by atoms with E-state index in [0.717, 1.165) is 24.9 Å². The van der Waals surface area contributed by atoms with Gasteiger partial charge in [0, 0.05) is 19.3 Å². The summed E-state index contributed by atoms with van der Waals surface area (Å²) >= 11 is 3.26. The zero-order valence-electron chi connectivity index (χ0n) is 16.9. The van der Waals surface area contributed by atoms with Crippen LogP contribution >= 0.6 is 15.9 Å². The number of halogens is 1. The van der Waals surface area contributed by atoms with Crippen LogP contribution < -0.4 is 16.6 Å². The number of fused-ring (bicyclic) bond motifs is 1. The Balaban J connectivity index is 1.46. The summed E-state index contributed by atoms with van der Waals surface area (Å²) in [6.45, 7) is 1.21. The Morgan fingerprint density at radius 1 is 1.35 bits per heavy atom. The molecular weight excluding hydrogens is 466 g/mol. The Morgan fingerprint density at radius 2 is 2.16 bits per heavy atom. The van der Waals surface area contributed by atoms with Crippen LogP contribution in [-0.2, 0) is 29.7 Å². The van der Waals surface area contributed by atoms with Crippen LogP contribution in [-0.4, -0.2) is 48.6 Å². The Hall–Kier alpha value is -3.05. The molecule has 162 valence electrons. The average molecular weight is 488 g/mol. The molecule has 1 saturated heterocycles. The number of aromatic nitrogens is 4. The lowest BCUT2D eigenvalue weighted by Crippen LogP contribution is -2.39. The van der Waals surface area contributed by atoms with Crippen molar-refractivity contribution < 1.29 is 9.59 Å². The summed E-state index contributed by atoms with van der Waals surface area (Å²) in [5.41, 5.74) is 7.16. The van der Waals surface area contributed by atoms with Gasteiger partial charge in [0.15, 0.2) is 5.65 Å². The first-order chi connectivity index (χ1) is 14.8. The van der Waals surface area contributed by atoms with Crippen LogP contribution in [0.1, 0.15) is 18.4 Å². The standard InChI is InChI=1S/C20H22BrN7O3/c1-26-19-16(17(21)25-26)20(31)28(11-23-19)10-15(29)24-13-5-2-4-12(8-13)9-27-7-3-6-14(27)18(22)30/h2,4-5,8,11,14H,3,6-7,9-10H2,1H3,(H2,22,30)(H,24,29). The molecule has 0 saturated carbocycles. The van der Waals surface area contributed by atoms with Crippen LogP contribution in [0.2, 0.25) is 0 Å². The molecule has 31 heavy (non-hydrogen) atoms. The molecule has 2 amide bonds. The fourth-order valence-corrected chi connectivity index (χ4v) is 4.51. The maximum atomic E-state index is 12.7. The predicted octanol–water partition coefficient (Wildman–Crippen LogP) is 0.981. The smallest absolute Gasteiger partial charge is 0.266 e. The number of benzene rings is 1. The molecule has 1 fully saturated rings. The maximum absolute atomic E-state index is 12.7. The third-order valence-corrected chi connectivity index (χ3v) is 5.93. The second-order valence-corrected chi connectivity index (χ2v) is 8.32. The summed E-state index contributed by atoms with van der Waals surface area (Å²) in [6, 6.07) is 7.16. The van der Waals surface area contributed by atoms with E-state index >= 15 is 0 Å². The highest BCUT2D eigenvalue weighted by atomic mass is 79.9. The number of nitrogens with zero attached hydrogens (tertiary/aromatic N) is 5. The van der Waals surface area contributed by atoms with Crippen LogP contribution in [0.5, 0.6) is 0 Å². The predicted molar refractivity (Wildman–Crippen MR) is 118 cm³/mol. The average Bonchev–Trinajstić information content (AvgIpc) is 3.28. The summed E-state index contributed by atoms with van der Waals surface area (Å²) in [5.74, 6) is -0.658. The van der Waals surface area contributed by atoms with Gasteiger partial charge < -0.3 is 11.1 Å². The van der Waals surface area contributed by atoms with E-state index in [0.29, 0.717) is 27.9 Å². The summed E-state index contributed by atoms with van der Waals surface area (Å²) in [6.07, 6.45) is 3.04. The number of carbonyl (C=O) groups is 2. The molecule has 10 nitrogen and oxygen atoms in total. The first-order valence-corrected chi connectivity index (χ1v) is 10.6. The second kappa shape index (κ2) is 8.60. The summed E-state index contributed by atoms with van der Waals surface area (Å²) < 4.78 is 3.14. The van der Waals surface area contributed by atoms with Gasteiger partial charge in [0.25, 0.3) is 5.56 Å². The van der Waals surface area contributed by atoms with Gasteiger partial charge in [-0.15, -0.1) is 0 Å². The molecule has 0 aliphatic carbocycles. The lowest BCUT2D eigenvalue weighted by atomic mass is 10.1. The van der Waals surface area contributed by atoms with Gasteiger partial charge in [0.1, 0.15) is 22.9 Å². The molecular formula is C20H22BrN7O3. The highest BCUT2D eigenvalue weighted by Crippen LogP contribution is 2.21. The molecule has 0 spiro atoms. The van der Waals surface area contributed by atoms with Gasteiger partial charge in [-0.3, -0.25) is 23.9 Å². The van der Waals surface area contributed by atoms with E-state index in [4.69, 9.17) is 5.73 Å². The van der Waals surface area contributed by atoms with E-state index < -0.39 is 0 Å². The van der Waals surface area contributed by atoms with Gasteiger partial charge in [-0.2, -0.15) is 5.10 Å². The van der Waals surface area contributed by atoms with Crippen LogP contribution in [0.4, 0.5) is 5.69 Å². The van der Waals surface area contributed by atoms with Crippen molar-refractivity contribution in [2.45, 2.75) is 32.0 Å². The molecule has 1 aromatic carbocycles. The molecule has 0 radical (unpaired) electrons. The Kier molecular flexibility index (Phi) is 5.88. The number of carbonyl (C=O) groups excluding carboxylic acids is 2. The summed E-state index contributed by atoms with van der Waals surface area (Å²) in [5, 5.41) is 7.27. The highest BCUT2D eigenvalue weighted by molar-refractivity contribution is 9.10. The highest BCUT2D eigenvalue weighted by Gasteiger charge is 2.28. The second-order valence-electron chi connectivity index (χ2n) is 7.57. The van der Waals surface area contributed by atoms with Crippen LogP contribution in [0.25, 0.3) is 11.0 Å². The zero-order valence-corrected chi connectivity index (χ0v) is 18.5. The minimum absolute atomic E-state index is 0.177. The number of amides is 2. The third kappa shape index (κ3) is 4.37. The number of hydrogen-bond acceptors (Lipinski definition) is 6. The molecule has 3 heterocycles. The van der Waals surface area contributed by atoms with Crippen molar-refractivity contribution in [3.63, 3.8) is 0 Å². The number of nitrogens with one attached hydrogen (secondary N) is 1. The molecule has 1 aliphatic heterocycles. The van der Waals surface area contributed by atoms with Crippen molar-refractivity contribution in [3.8, 4) is 0 Å². The quantitative estimate of drug-likeness (QED) is 0.533. The first-order valence-electron chi connectivity index (χ1n) is 9.83. The number of anilines is 1. The fourth-order valence-electron chi connectivity index (χ4n) is 3.92.